The Kier molecular flexibility index (Phi) is 21.7. The second-order valence-electron chi connectivity index (χ2n) is 1.83. The number of hydrogen-bond acceptors (Lipinski definition) is 1. The summed E-state index contributed by atoms with van der Waals surface area (Å²) in [5.41, 5.74) is 0. The summed E-state index contributed by atoms with van der Waals surface area (Å²) in [7, 11) is 1.98. The van der Waals surface area contributed by atoms with Crippen LogP contribution in [-0.2, 0) is 32.7 Å². The molecule has 0 bridgehead atoms. The third-order valence-corrected chi connectivity index (χ3v) is 1.08. The smallest absolute Gasteiger partial charge is 0 e. The molecule has 0 aliphatic heterocycles. The third-order valence-electron chi connectivity index (χ3n) is 1.08. The first kappa shape index (κ1) is 16.6. The third kappa shape index (κ3) is 12.3. The first-order chi connectivity index (χ1) is 3.31. The van der Waals surface area contributed by atoms with E-state index in [9.17, 15) is 0 Å². The van der Waals surface area contributed by atoms with Crippen LogP contribution in [0.25, 0.3) is 0 Å². The van der Waals surface area contributed by atoms with Gasteiger partial charge in [0.25, 0.3) is 0 Å². The summed E-state index contributed by atoms with van der Waals surface area (Å²) < 4.78 is 0. The van der Waals surface area contributed by atoms with Gasteiger partial charge < -0.3 is 19.2 Å². The molecule has 1 unspecified atom stereocenters. The fourth-order valence-corrected chi connectivity index (χ4v) is 0.471. The first-order valence-electron chi connectivity index (χ1n) is 2.76. The Morgan fingerprint density at radius 2 is 2.00 bits per heavy atom. The van der Waals surface area contributed by atoms with Gasteiger partial charge in [0.2, 0.25) is 0 Å². The fraction of sp³-hybridized carbons (Fsp3) is 0.714. The Hall–Kier alpha value is 1.06. The maximum Gasteiger partial charge on any atom is 0 e. The Balaban J connectivity index is -0.000000180. The van der Waals surface area contributed by atoms with Crippen molar-refractivity contribution in [3.8, 4) is 0 Å². The molecule has 0 spiro atoms. The predicted molar refractivity (Wildman–Crippen MR) is 39.5 cm³/mol. The SMILES string of the molecule is C[CH-]CC(C)NC.[CH3-].[Y]. The summed E-state index contributed by atoms with van der Waals surface area (Å²) in [6, 6.07) is 0.644. The van der Waals surface area contributed by atoms with Crippen molar-refractivity contribution in [3.05, 3.63) is 13.8 Å². The van der Waals surface area contributed by atoms with Gasteiger partial charge in [0, 0.05) is 32.7 Å². The zero-order chi connectivity index (χ0) is 5.70. The van der Waals surface area contributed by atoms with E-state index in [4.69, 9.17) is 0 Å². The molecule has 0 aliphatic carbocycles. The summed E-state index contributed by atoms with van der Waals surface area (Å²) in [6.07, 6.45) is 3.33. The van der Waals surface area contributed by atoms with Crippen LogP contribution in [0.4, 0.5) is 0 Å². The second-order valence-corrected chi connectivity index (χ2v) is 1.83. The average Bonchev–Trinajstić information content (AvgIpc) is 1.68. The molecule has 2 heteroatoms. The molecular weight excluding hydrogens is 187 g/mol. The maximum atomic E-state index is 3.13. The number of hydrogen-bond donors (Lipinski definition) is 1. The van der Waals surface area contributed by atoms with Gasteiger partial charge in [-0.25, -0.2) is 0 Å². The molecule has 9 heavy (non-hydrogen) atoms. The van der Waals surface area contributed by atoms with E-state index in [0.717, 1.165) is 6.42 Å². The van der Waals surface area contributed by atoms with E-state index in [1.54, 1.807) is 0 Å². The Bertz CT molecular complexity index is 39.9. The van der Waals surface area contributed by atoms with Crippen LogP contribution in [0.15, 0.2) is 0 Å². The quantitative estimate of drug-likeness (QED) is 0.689. The van der Waals surface area contributed by atoms with Crippen LogP contribution in [0.3, 0.4) is 0 Å². The molecule has 1 atom stereocenters. The van der Waals surface area contributed by atoms with Crippen LogP contribution < -0.4 is 5.32 Å². The Labute approximate surface area is 84.9 Å². The van der Waals surface area contributed by atoms with Crippen molar-refractivity contribution in [2.24, 2.45) is 0 Å². The van der Waals surface area contributed by atoms with Crippen molar-refractivity contribution in [2.75, 3.05) is 7.05 Å². The van der Waals surface area contributed by atoms with E-state index in [2.05, 4.69) is 25.6 Å². The molecular formula is C7H17NY-2. The van der Waals surface area contributed by atoms with E-state index in [0.29, 0.717) is 6.04 Å². The van der Waals surface area contributed by atoms with Gasteiger partial charge in [-0.1, -0.05) is 6.92 Å². The zero-order valence-electron chi connectivity index (χ0n) is 6.94. The Morgan fingerprint density at radius 1 is 1.56 bits per heavy atom. The molecule has 0 saturated heterocycles. The fourth-order valence-electron chi connectivity index (χ4n) is 0.471. The summed E-state index contributed by atoms with van der Waals surface area (Å²) in [4.78, 5) is 0. The first-order valence-corrected chi connectivity index (χ1v) is 2.76. The van der Waals surface area contributed by atoms with E-state index in [-0.39, 0.29) is 40.1 Å². The summed E-state index contributed by atoms with van der Waals surface area (Å²) in [5, 5.41) is 3.13. The molecule has 55 valence electrons. The van der Waals surface area contributed by atoms with Gasteiger partial charge in [0.05, 0.1) is 0 Å². The van der Waals surface area contributed by atoms with Gasteiger partial charge in [0.15, 0.2) is 0 Å². The maximum absolute atomic E-state index is 3.13. The summed E-state index contributed by atoms with van der Waals surface area (Å²) in [5.74, 6) is 0. The molecule has 0 fully saturated rings. The van der Waals surface area contributed by atoms with Crippen molar-refractivity contribution in [2.45, 2.75) is 26.3 Å². The molecule has 0 amide bonds. The van der Waals surface area contributed by atoms with Crippen LogP contribution in [0.5, 0.6) is 0 Å². The molecule has 0 heterocycles. The monoisotopic (exact) mass is 204 g/mol. The van der Waals surface area contributed by atoms with Crippen LogP contribution >= 0.6 is 0 Å². The molecule has 0 aromatic heterocycles. The molecule has 1 nitrogen and oxygen atoms in total. The van der Waals surface area contributed by atoms with Gasteiger partial charge in [-0.15, -0.1) is 0 Å². The number of rotatable bonds is 3. The Morgan fingerprint density at radius 3 is 2.11 bits per heavy atom. The molecule has 0 rings (SSSR count). The average molecular weight is 204 g/mol. The molecule has 0 aromatic carbocycles. The van der Waals surface area contributed by atoms with Crippen molar-refractivity contribution in [1.82, 2.24) is 5.32 Å². The molecule has 0 aliphatic rings. The van der Waals surface area contributed by atoms with E-state index in [1.165, 1.54) is 0 Å². The van der Waals surface area contributed by atoms with Crippen molar-refractivity contribution in [1.29, 1.82) is 0 Å². The van der Waals surface area contributed by atoms with Crippen LogP contribution in [0, 0.1) is 13.8 Å². The van der Waals surface area contributed by atoms with Gasteiger partial charge in [-0.3, -0.25) is 0 Å². The van der Waals surface area contributed by atoms with E-state index in [1.807, 2.05) is 7.05 Å². The zero-order valence-corrected chi connectivity index (χ0v) is 9.78. The van der Waals surface area contributed by atoms with Crippen LogP contribution in [0.2, 0.25) is 0 Å². The van der Waals surface area contributed by atoms with Gasteiger partial charge in [-0.2, -0.15) is 13.3 Å². The predicted octanol–water partition coefficient (Wildman–Crippen LogP) is 1.66. The van der Waals surface area contributed by atoms with Gasteiger partial charge in [-0.05, 0) is 13.1 Å². The standard InChI is InChI=1S/C6H14N.CH3.Y/c1-4-5-6(2)7-3;;/h4,6-7H,5H2,1-3H3;1H3;/q2*-1;. The van der Waals surface area contributed by atoms with E-state index >= 15 is 0 Å². The second kappa shape index (κ2) is 11.8. The minimum Gasteiger partial charge on any atom is -0.358 e. The van der Waals surface area contributed by atoms with Crippen LogP contribution in [0.1, 0.15) is 20.3 Å². The molecule has 0 saturated carbocycles. The molecule has 1 N–H and O–H groups in total. The van der Waals surface area contributed by atoms with Crippen LogP contribution in [-0.4, -0.2) is 13.1 Å². The minimum atomic E-state index is 0. The number of nitrogens with one attached hydrogen (secondary N) is 1. The summed E-state index contributed by atoms with van der Waals surface area (Å²) in [6.45, 7) is 4.24. The molecule has 1 radical (unpaired) electrons. The van der Waals surface area contributed by atoms with Gasteiger partial charge >= 0.3 is 0 Å². The normalized spacial score (nSPS) is 11.0. The van der Waals surface area contributed by atoms with E-state index < -0.39 is 0 Å². The van der Waals surface area contributed by atoms with Crippen molar-refractivity contribution >= 4 is 0 Å². The molecule has 0 aromatic rings. The van der Waals surface area contributed by atoms with Gasteiger partial charge in [0.1, 0.15) is 0 Å². The van der Waals surface area contributed by atoms with Crippen molar-refractivity contribution in [3.63, 3.8) is 0 Å². The minimum absolute atomic E-state index is 0. The topological polar surface area (TPSA) is 12.0 Å². The van der Waals surface area contributed by atoms with Crippen molar-refractivity contribution < 1.29 is 32.7 Å². The largest absolute Gasteiger partial charge is 0.358 e. The summed E-state index contributed by atoms with van der Waals surface area (Å²) >= 11 is 0.